The fourth-order valence-electron chi connectivity index (χ4n) is 1.62. The van der Waals surface area contributed by atoms with Crippen LogP contribution in [-0.2, 0) is 6.42 Å². The van der Waals surface area contributed by atoms with Gasteiger partial charge in [-0.3, -0.25) is 4.98 Å². The van der Waals surface area contributed by atoms with Gasteiger partial charge in [-0.2, -0.15) is 0 Å². The van der Waals surface area contributed by atoms with Gasteiger partial charge in [0.05, 0.1) is 0 Å². The molecule has 0 aliphatic heterocycles. The second kappa shape index (κ2) is 4.59. The molecule has 1 rings (SSSR count). The minimum Gasteiger partial charge on any atom is -0.258 e. The van der Waals surface area contributed by atoms with Gasteiger partial charge in [-0.15, -0.1) is 0 Å². The first-order chi connectivity index (χ1) is 6.49. The summed E-state index contributed by atoms with van der Waals surface area (Å²) in [5.74, 6) is 1.28. The number of nitrogens with zero attached hydrogens (tertiary/aromatic N) is 1. The number of pyridine rings is 1. The van der Waals surface area contributed by atoms with Gasteiger partial charge in [0.2, 0.25) is 0 Å². The summed E-state index contributed by atoms with van der Waals surface area (Å²) in [6.45, 7) is 11.0. The molecular weight excluding hydrogens is 170 g/mol. The molecule has 1 nitrogen and oxygen atoms in total. The maximum absolute atomic E-state index is 4.56. The second-order valence-electron chi connectivity index (χ2n) is 4.79. The van der Waals surface area contributed by atoms with Crippen molar-refractivity contribution in [3.8, 4) is 0 Å². The fourth-order valence-corrected chi connectivity index (χ4v) is 1.62. The lowest BCUT2D eigenvalue weighted by Gasteiger charge is -2.10. The highest BCUT2D eigenvalue weighted by atomic mass is 14.7. The van der Waals surface area contributed by atoms with Crippen molar-refractivity contribution in [1.82, 2.24) is 4.98 Å². The summed E-state index contributed by atoms with van der Waals surface area (Å²) < 4.78 is 0. The van der Waals surface area contributed by atoms with E-state index in [2.05, 4.69) is 51.7 Å². The van der Waals surface area contributed by atoms with Gasteiger partial charge in [-0.25, -0.2) is 0 Å². The van der Waals surface area contributed by atoms with Crippen LogP contribution >= 0.6 is 0 Å². The van der Waals surface area contributed by atoms with Crippen molar-refractivity contribution in [2.24, 2.45) is 5.92 Å². The van der Waals surface area contributed by atoms with Crippen LogP contribution < -0.4 is 0 Å². The normalized spacial score (nSPS) is 11.4. The molecule has 0 amide bonds. The van der Waals surface area contributed by atoms with Gasteiger partial charge in [0.15, 0.2) is 0 Å². The van der Waals surface area contributed by atoms with Crippen LogP contribution in [-0.4, -0.2) is 4.98 Å². The molecule has 1 heteroatoms. The van der Waals surface area contributed by atoms with E-state index in [-0.39, 0.29) is 0 Å². The van der Waals surface area contributed by atoms with E-state index < -0.39 is 0 Å². The van der Waals surface area contributed by atoms with E-state index in [0.29, 0.717) is 11.8 Å². The third kappa shape index (κ3) is 3.13. The van der Waals surface area contributed by atoms with E-state index in [1.807, 2.05) is 0 Å². The van der Waals surface area contributed by atoms with Gasteiger partial charge in [0, 0.05) is 11.4 Å². The second-order valence-corrected chi connectivity index (χ2v) is 4.79. The topological polar surface area (TPSA) is 12.9 Å². The average molecular weight is 191 g/mol. The number of rotatable bonds is 3. The lowest BCUT2D eigenvalue weighted by Crippen LogP contribution is -2.01. The quantitative estimate of drug-likeness (QED) is 0.709. The predicted molar refractivity (Wildman–Crippen MR) is 61.6 cm³/mol. The van der Waals surface area contributed by atoms with E-state index in [0.717, 1.165) is 12.1 Å². The molecule has 0 radical (unpaired) electrons. The average Bonchev–Trinajstić information content (AvgIpc) is 2.01. The number of aromatic nitrogens is 1. The highest BCUT2D eigenvalue weighted by molar-refractivity contribution is 5.23. The minimum atomic E-state index is 0.600. The van der Waals surface area contributed by atoms with Crippen molar-refractivity contribution >= 4 is 0 Å². The van der Waals surface area contributed by atoms with Gasteiger partial charge >= 0.3 is 0 Å². The summed E-state index contributed by atoms with van der Waals surface area (Å²) in [6.07, 6.45) is 1.08. The van der Waals surface area contributed by atoms with Crippen molar-refractivity contribution in [1.29, 1.82) is 0 Å². The summed E-state index contributed by atoms with van der Waals surface area (Å²) >= 11 is 0. The van der Waals surface area contributed by atoms with Gasteiger partial charge in [0.1, 0.15) is 0 Å². The van der Waals surface area contributed by atoms with Crippen molar-refractivity contribution < 1.29 is 0 Å². The van der Waals surface area contributed by atoms with Gasteiger partial charge in [0.25, 0.3) is 0 Å². The highest BCUT2D eigenvalue weighted by Crippen LogP contribution is 2.17. The Balaban J connectivity index is 2.95. The van der Waals surface area contributed by atoms with Crippen LogP contribution in [0.25, 0.3) is 0 Å². The predicted octanol–water partition coefficient (Wildman–Crippen LogP) is 3.71. The molecule has 78 valence electrons. The maximum Gasteiger partial charge on any atom is 0.0412 e. The first-order valence-electron chi connectivity index (χ1n) is 5.46. The molecule has 1 aromatic rings. The molecule has 0 atom stereocenters. The number of hydrogen-bond acceptors (Lipinski definition) is 1. The highest BCUT2D eigenvalue weighted by Gasteiger charge is 2.05. The lowest BCUT2D eigenvalue weighted by atomic mass is 9.99. The summed E-state index contributed by atoms with van der Waals surface area (Å²) in [5, 5.41) is 0. The monoisotopic (exact) mass is 191 g/mol. The SMILES string of the molecule is Cc1cc(C(C)C)cc(CC(C)C)n1. The summed E-state index contributed by atoms with van der Waals surface area (Å²) in [6, 6.07) is 4.44. The molecule has 0 aromatic carbocycles. The summed E-state index contributed by atoms with van der Waals surface area (Å²) in [4.78, 5) is 4.56. The van der Waals surface area contributed by atoms with E-state index >= 15 is 0 Å². The first-order valence-corrected chi connectivity index (χ1v) is 5.46. The van der Waals surface area contributed by atoms with Crippen LogP contribution in [0.5, 0.6) is 0 Å². The third-order valence-corrected chi connectivity index (χ3v) is 2.31. The molecule has 14 heavy (non-hydrogen) atoms. The Morgan fingerprint density at radius 1 is 1.14 bits per heavy atom. The minimum absolute atomic E-state index is 0.600. The van der Waals surface area contributed by atoms with Gasteiger partial charge < -0.3 is 0 Å². The third-order valence-electron chi connectivity index (χ3n) is 2.31. The van der Waals surface area contributed by atoms with Crippen molar-refractivity contribution in [3.63, 3.8) is 0 Å². The zero-order valence-electron chi connectivity index (χ0n) is 9.96. The Morgan fingerprint density at radius 2 is 1.79 bits per heavy atom. The van der Waals surface area contributed by atoms with E-state index in [1.54, 1.807) is 0 Å². The van der Waals surface area contributed by atoms with Gasteiger partial charge in [-0.1, -0.05) is 27.7 Å². The first kappa shape index (κ1) is 11.2. The fraction of sp³-hybridized carbons (Fsp3) is 0.615. The molecule has 0 bridgehead atoms. The smallest absolute Gasteiger partial charge is 0.0412 e. The van der Waals surface area contributed by atoms with Crippen LogP contribution in [0.3, 0.4) is 0 Å². The van der Waals surface area contributed by atoms with Crippen LogP contribution in [0, 0.1) is 12.8 Å². The molecule has 0 fully saturated rings. The Morgan fingerprint density at radius 3 is 2.29 bits per heavy atom. The van der Waals surface area contributed by atoms with E-state index in [1.165, 1.54) is 11.3 Å². The van der Waals surface area contributed by atoms with E-state index in [9.17, 15) is 0 Å². The molecular formula is C13H21N. The summed E-state index contributed by atoms with van der Waals surface area (Å²) in [5.41, 5.74) is 3.80. The molecule has 0 spiro atoms. The Bertz CT molecular complexity index is 300. The number of hydrogen-bond donors (Lipinski definition) is 0. The van der Waals surface area contributed by atoms with Gasteiger partial charge in [-0.05, 0) is 42.9 Å². The Labute approximate surface area is 87.6 Å². The maximum atomic E-state index is 4.56. The molecule has 0 aliphatic rings. The molecule has 1 aromatic heterocycles. The Hall–Kier alpha value is -0.850. The van der Waals surface area contributed by atoms with Crippen molar-refractivity contribution in [3.05, 3.63) is 29.1 Å². The van der Waals surface area contributed by atoms with E-state index in [4.69, 9.17) is 0 Å². The van der Waals surface area contributed by atoms with Crippen LogP contribution in [0.1, 0.15) is 50.6 Å². The zero-order chi connectivity index (χ0) is 10.7. The van der Waals surface area contributed by atoms with Crippen molar-refractivity contribution in [2.45, 2.75) is 47.0 Å². The zero-order valence-corrected chi connectivity index (χ0v) is 9.96. The molecule has 0 aliphatic carbocycles. The van der Waals surface area contributed by atoms with Crippen LogP contribution in [0.15, 0.2) is 12.1 Å². The molecule has 0 N–H and O–H groups in total. The largest absolute Gasteiger partial charge is 0.258 e. The standard InChI is InChI=1S/C13H21N/c1-9(2)6-13-8-12(10(3)4)7-11(5)14-13/h7-10H,6H2,1-5H3. The van der Waals surface area contributed by atoms with Crippen molar-refractivity contribution in [2.75, 3.05) is 0 Å². The molecule has 0 unspecified atom stereocenters. The number of aryl methyl sites for hydroxylation is 1. The molecule has 0 saturated carbocycles. The van der Waals surface area contributed by atoms with Crippen LogP contribution in [0.2, 0.25) is 0 Å². The Kier molecular flexibility index (Phi) is 3.68. The van der Waals surface area contributed by atoms with Crippen LogP contribution in [0.4, 0.5) is 0 Å². The lowest BCUT2D eigenvalue weighted by molar-refractivity contribution is 0.632. The molecule has 1 heterocycles. The summed E-state index contributed by atoms with van der Waals surface area (Å²) in [7, 11) is 0. The molecule has 0 saturated heterocycles.